The van der Waals surface area contributed by atoms with Gasteiger partial charge in [-0.25, -0.2) is 0 Å². The Bertz CT molecular complexity index is 660. The summed E-state index contributed by atoms with van der Waals surface area (Å²) in [6.45, 7) is 3.41. The summed E-state index contributed by atoms with van der Waals surface area (Å²) in [7, 11) is 1.51. The van der Waals surface area contributed by atoms with Crippen molar-refractivity contribution in [3.63, 3.8) is 0 Å². The highest BCUT2D eigenvalue weighted by molar-refractivity contribution is 6.31. The highest BCUT2D eigenvalue weighted by Gasteiger charge is 2.38. The largest absolute Gasteiger partial charge is 0.495 e. The van der Waals surface area contributed by atoms with Crippen LogP contribution in [-0.4, -0.2) is 45.2 Å². The number of hydrogen-bond donors (Lipinski definition) is 3. The lowest BCUT2D eigenvalue weighted by Gasteiger charge is -2.34. The summed E-state index contributed by atoms with van der Waals surface area (Å²) in [5.41, 5.74) is 6.60. The molecule has 0 aromatic heterocycles. The van der Waals surface area contributed by atoms with E-state index in [1.54, 1.807) is 12.1 Å². The van der Waals surface area contributed by atoms with Crippen LogP contribution in [0.4, 0.5) is 5.69 Å². The number of ether oxygens (including phenoxy) is 2. The van der Waals surface area contributed by atoms with Gasteiger partial charge in [-0.3, -0.25) is 9.59 Å². The molecule has 1 aliphatic rings. The fraction of sp³-hybridized carbons (Fsp3) is 0.556. The number of anilines is 1. The second-order valence-corrected chi connectivity index (χ2v) is 6.86. The van der Waals surface area contributed by atoms with E-state index in [9.17, 15) is 9.59 Å². The van der Waals surface area contributed by atoms with Crippen molar-refractivity contribution in [2.45, 2.75) is 26.2 Å². The van der Waals surface area contributed by atoms with Crippen molar-refractivity contribution in [2.24, 2.45) is 11.1 Å². The van der Waals surface area contributed by atoms with Crippen LogP contribution in [0, 0.1) is 12.3 Å². The fourth-order valence-electron chi connectivity index (χ4n) is 2.91. The lowest BCUT2D eigenvalue weighted by Crippen LogP contribution is -2.49. The third-order valence-corrected chi connectivity index (χ3v) is 5.12. The van der Waals surface area contributed by atoms with Crippen molar-refractivity contribution >= 4 is 29.1 Å². The zero-order chi connectivity index (χ0) is 19.2. The normalized spacial score (nSPS) is 16.0. The van der Waals surface area contributed by atoms with Gasteiger partial charge in [-0.15, -0.1) is 0 Å². The first-order valence-electron chi connectivity index (χ1n) is 8.62. The van der Waals surface area contributed by atoms with Gasteiger partial charge in [0.05, 0.1) is 18.2 Å². The van der Waals surface area contributed by atoms with Gasteiger partial charge in [0.1, 0.15) is 5.75 Å². The van der Waals surface area contributed by atoms with Gasteiger partial charge in [-0.2, -0.15) is 0 Å². The lowest BCUT2D eigenvalue weighted by atomic mass is 9.79. The minimum Gasteiger partial charge on any atom is -0.495 e. The molecule has 26 heavy (non-hydrogen) atoms. The molecule has 1 aliphatic heterocycles. The zero-order valence-electron chi connectivity index (χ0n) is 15.2. The van der Waals surface area contributed by atoms with Gasteiger partial charge in [0.25, 0.3) is 0 Å². The van der Waals surface area contributed by atoms with Crippen LogP contribution < -0.4 is 21.1 Å². The summed E-state index contributed by atoms with van der Waals surface area (Å²) < 4.78 is 10.5. The van der Waals surface area contributed by atoms with E-state index < -0.39 is 5.41 Å². The number of halogens is 1. The monoisotopic (exact) mass is 383 g/mol. The van der Waals surface area contributed by atoms with Gasteiger partial charge in [0, 0.05) is 43.8 Å². The SMILES string of the molecule is COc1cc(Cl)c(C)cc1NC(=O)CCNC(=O)C1(CN)CCOCC1. The molecule has 1 aromatic carbocycles. The predicted octanol–water partition coefficient (Wildman–Crippen LogP) is 1.86. The predicted molar refractivity (Wildman–Crippen MR) is 101 cm³/mol. The summed E-state index contributed by atoms with van der Waals surface area (Å²) in [5.74, 6) is 0.150. The van der Waals surface area contributed by atoms with Crippen LogP contribution in [0.1, 0.15) is 24.8 Å². The molecule has 0 unspecified atom stereocenters. The molecule has 144 valence electrons. The van der Waals surface area contributed by atoms with Crippen LogP contribution in [0.3, 0.4) is 0 Å². The van der Waals surface area contributed by atoms with E-state index in [4.69, 9.17) is 26.8 Å². The van der Waals surface area contributed by atoms with Crippen LogP contribution in [0.15, 0.2) is 12.1 Å². The van der Waals surface area contributed by atoms with Gasteiger partial charge in [-0.05, 0) is 31.4 Å². The minimum atomic E-state index is -0.592. The Kier molecular flexibility index (Phi) is 7.25. The molecular weight excluding hydrogens is 358 g/mol. The number of methoxy groups -OCH3 is 1. The third kappa shape index (κ3) is 4.87. The van der Waals surface area contributed by atoms with E-state index >= 15 is 0 Å². The van der Waals surface area contributed by atoms with Crippen molar-refractivity contribution in [2.75, 3.05) is 38.7 Å². The average Bonchev–Trinajstić information content (AvgIpc) is 2.64. The molecule has 1 fully saturated rings. The summed E-state index contributed by atoms with van der Waals surface area (Å²) in [6.07, 6.45) is 1.35. The van der Waals surface area contributed by atoms with Crippen LogP contribution in [-0.2, 0) is 14.3 Å². The number of carbonyl (C=O) groups is 2. The summed E-state index contributed by atoms with van der Waals surface area (Å²) >= 11 is 6.06. The van der Waals surface area contributed by atoms with Gasteiger partial charge in [-0.1, -0.05) is 11.6 Å². The van der Waals surface area contributed by atoms with Crippen molar-refractivity contribution in [1.82, 2.24) is 5.32 Å². The van der Waals surface area contributed by atoms with Crippen molar-refractivity contribution in [3.8, 4) is 5.75 Å². The third-order valence-electron chi connectivity index (χ3n) is 4.71. The first-order chi connectivity index (χ1) is 12.4. The minimum absolute atomic E-state index is 0.115. The van der Waals surface area contributed by atoms with Gasteiger partial charge in [0.2, 0.25) is 11.8 Å². The number of rotatable bonds is 7. The maximum absolute atomic E-state index is 12.5. The average molecular weight is 384 g/mol. The molecule has 0 saturated carbocycles. The molecule has 0 spiro atoms. The Morgan fingerprint density at radius 2 is 2.04 bits per heavy atom. The Morgan fingerprint density at radius 1 is 1.35 bits per heavy atom. The summed E-state index contributed by atoms with van der Waals surface area (Å²) in [4.78, 5) is 24.6. The van der Waals surface area contributed by atoms with Gasteiger partial charge >= 0.3 is 0 Å². The highest BCUT2D eigenvalue weighted by atomic mass is 35.5. The highest BCUT2D eigenvalue weighted by Crippen LogP contribution is 2.31. The Balaban J connectivity index is 1.87. The Labute approximate surface area is 158 Å². The van der Waals surface area contributed by atoms with Crippen molar-refractivity contribution < 1.29 is 19.1 Å². The van der Waals surface area contributed by atoms with Crippen LogP contribution in [0.25, 0.3) is 0 Å². The molecule has 4 N–H and O–H groups in total. The molecule has 2 rings (SSSR count). The number of nitrogens with one attached hydrogen (secondary N) is 2. The number of amides is 2. The van der Waals surface area contributed by atoms with Crippen molar-refractivity contribution in [1.29, 1.82) is 0 Å². The second-order valence-electron chi connectivity index (χ2n) is 6.45. The zero-order valence-corrected chi connectivity index (χ0v) is 15.9. The number of aryl methyl sites for hydroxylation is 1. The van der Waals surface area contributed by atoms with Gasteiger partial charge < -0.3 is 25.8 Å². The van der Waals surface area contributed by atoms with E-state index in [1.165, 1.54) is 7.11 Å². The molecular formula is C18H26ClN3O4. The smallest absolute Gasteiger partial charge is 0.227 e. The molecule has 0 atom stereocenters. The van der Waals surface area contributed by atoms with Crippen molar-refractivity contribution in [3.05, 3.63) is 22.7 Å². The number of nitrogens with two attached hydrogens (primary N) is 1. The quantitative estimate of drug-likeness (QED) is 0.666. The molecule has 2 amide bonds. The molecule has 8 heteroatoms. The van der Waals surface area contributed by atoms with E-state index in [2.05, 4.69) is 10.6 Å². The Hall–Kier alpha value is -1.83. The summed E-state index contributed by atoms with van der Waals surface area (Å²) in [5, 5.41) is 6.18. The standard InChI is InChI=1S/C18H26ClN3O4/c1-12-9-14(15(25-2)10-13(12)19)22-16(23)3-6-21-17(24)18(11-20)4-7-26-8-5-18/h9-10H,3-8,11,20H2,1-2H3,(H,21,24)(H,22,23). The second kappa shape index (κ2) is 9.21. The Morgan fingerprint density at radius 3 is 2.65 bits per heavy atom. The first kappa shape index (κ1) is 20.5. The number of hydrogen-bond acceptors (Lipinski definition) is 5. The van der Waals surface area contributed by atoms with Crippen LogP contribution in [0.5, 0.6) is 5.75 Å². The number of carbonyl (C=O) groups excluding carboxylic acids is 2. The van der Waals surface area contributed by atoms with E-state index in [0.717, 1.165) is 5.56 Å². The first-order valence-corrected chi connectivity index (χ1v) is 9.00. The van der Waals surface area contributed by atoms with E-state index in [0.29, 0.717) is 42.5 Å². The molecule has 1 heterocycles. The topological polar surface area (TPSA) is 103 Å². The fourth-order valence-corrected chi connectivity index (χ4v) is 3.06. The van der Waals surface area contributed by atoms with E-state index in [1.807, 2.05) is 6.92 Å². The molecule has 1 aromatic rings. The number of benzene rings is 1. The molecule has 0 radical (unpaired) electrons. The summed E-state index contributed by atoms with van der Waals surface area (Å²) in [6, 6.07) is 3.41. The molecule has 7 nitrogen and oxygen atoms in total. The molecule has 0 bridgehead atoms. The van der Waals surface area contributed by atoms with Gasteiger partial charge in [0.15, 0.2) is 0 Å². The maximum atomic E-state index is 12.5. The van der Waals surface area contributed by atoms with Crippen LogP contribution in [0.2, 0.25) is 5.02 Å². The molecule has 1 saturated heterocycles. The maximum Gasteiger partial charge on any atom is 0.227 e. The van der Waals surface area contributed by atoms with Crippen LogP contribution >= 0.6 is 11.6 Å². The lowest BCUT2D eigenvalue weighted by molar-refractivity contribution is -0.135. The van der Waals surface area contributed by atoms with E-state index in [-0.39, 0.29) is 31.3 Å². The molecule has 0 aliphatic carbocycles.